The summed E-state index contributed by atoms with van der Waals surface area (Å²) in [7, 11) is 1.94. The smallest absolute Gasteiger partial charge is 0.264 e. The molecule has 0 saturated carbocycles. The van der Waals surface area contributed by atoms with Crippen LogP contribution in [0.1, 0.15) is 65.2 Å². The van der Waals surface area contributed by atoms with Crippen LogP contribution in [0.4, 0.5) is 0 Å². The highest BCUT2D eigenvalue weighted by Crippen LogP contribution is 2.07. The Morgan fingerprint density at radius 1 is 0.872 bits per heavy atom. The van der Waals surface area contributed by atoms with Crippen molar-refractivity contribution in [3.05, 3.63) is 31.1 Å². The molecule has 0 fully saturated rings. The summed E-state index contributed by atoms with van der Waals surface area (Å²) in [5.74, 6) is 0. The van der Waals surface area contributed by atoms with Crippen LogP contribution < -0.4 is 5.26 Å². The third kappa shape index (κ3) is 34.2. The average Bonchev–Trinajstić information content (AvgIpc) is 3.56. The summed E-state index contributed by atoms with van der Waals surface area (Å²) in [4.78, 5) is 11.8. The standard InChI is InChI=1S/C12H24N2O.C9H20O4S.C4H6N2.CH4O3/c1-3-15-11-7-5-4-6-8-14-10-9-13(2)12-14;1-3-12-8-6-4-5-7-9-13-14(2,10)11;1-6-3-2-5-4-6;1-3-4-2/h9-10H,3-8,11-12H2,1-2H3;3-9H2,1-2H3;2-4H,1H3;2H,1H3/p-1. The molecule has 0 amide bonds. The normalized spacial score (nSPS) is 12.3. The molecule has 1 aliphatic heterocycles. The van der Waals surface area contributed by atoms with Gasteiger partial charge in [0.15, 0.2) is 0 Å². The van der Waals surface area contributed by atoms with Crippen molar-refractivity contribution >= 4 is 10.1 Å². The quantitative estimate of drug-likeness (QED) is 0.110. The molecule has 0 N–H and O–H groups in total. The van der Waals surface area contributed by atoms with Crippen LogP contribution in [0.3, 0.4) is 0 Å². The van der Waals surface area contributed by atoms with Gasteiger partial charge in [0.2, 0.25) is 0 Å². The van der Waals surface area contributed by atoms with Crippen LogP contribution in [0.2, 0.25) is 0 Å². The molecule has 0 radical (unpaired) electrons. The fraction of sp³-hybridized carbons (Fsp3) is 0.808. The molecule has 1 aliphatic rings. The molecule has 0 saturated heterocycles. The molecule has 232 valence electrons. The van der Waals surface area contributed by atoms with Gasteiger partial charge in [0.05, 0.1) is 33.0 Å². The second-order valence-corrected chi connectivity index (χ2v) is 10.4. The minimum Gasteiger partial charge on any atom is -0.692 e. The molecule has 2 rings (SSSR count). The van der Waals surface area contributed by atoms with E-state index in [1.54, 1.807) is 12.5 Å². The molecule has 13 heteroatoms. The molecule has 0 spiro atoms. The Morgan fingerprint density at radius 3 is 1.77 bits per heavy atom. The minimum atomic E-state index is -3.25. The summed E-state index contributed by atoms with van der Waals surface area (Å²) in [6, 6.07) is 0. The van der Waals surface area contributed by atoms with E-state index in [0.717, 1.165) is 72.1 Å². The number of rotatable bonds is 18. The zero-order valence-electron chi connectivity index (χ0n) is 25.0. The second kappa shape index (κ2) is 29.2. The number of nitrogens with zero attached hydrogens (tertiary/aromatic N) is 4. The van der Waals surface area contributed by atoms with E-state index in [0.29, 0.717) is 6.61 Å². The number of aryl methyl sites for hydroxylation is 1. The van der Waals surface area contributed by atoms with Crippen LogP contribution in [0, 0.1) is 0 Å². The van der Waals surface area contributed by atoms with E-state index >= 15 is 0 Å². The highest BCUT2D eigenvalue weighted by molar-refractivity contribution is 7.85. The summed E-state index contributed by atoms with van der Waals surface area (Å²) in [6.45, 7) is 9.91. The monoisotopic (exact) mass is 581 g/mol. The number of hydrogen-bond acceptors (Lipinski definition) is 11. The number of hydrogen-bond donors (Lipinski definition) is 0. The Morgan fingerprint density at radius 2 is 1.41 bits per heavy atom. The van der Waals surface area contributed by atoms with Crippen LogP contribution in [-0.2, 0) is 40.7 Å². The van der Waals surface area contributed by atoms with Crippen molar-refractivity contribution in [1.29, 1.82) is 0 Å². The minimum absolute atomic E-state index is 0.299. The first-order valence-electron chi connectivity index (χ1n) is 13.6. The van der Waals surface area contributed by atoms with Crippen LogP contribution in [-0.4, -0.2) is 94.4 Å². The van der Waals surface area contributed by atoms with E-state index in [4.69, 9.17) is 14.7 Å². The van der Waals surface area contributed by atoms with E-state index < -0.39 is 10.1 Å². The lowest BCUT2D eigenvalue weighted by molar-refractivity contribution is -0.796. The molecule has 0 aromatic carbocycles. The molecule has 2 heterocycles. The van der Waals surface area contributed by atoms with E-state index in [1.807, 2.05) is 24.7 Å². The number of ether oxygens (including phenoxy) is 2. The first-order valence-corrected chi connectivity index (χ1v) is 15.4. The van der Waals surface area contributed by atoms with Crippen molar-refractivity contribution in [1.82, 2.24) is 19.4 Å². The lowest BCUT2D eigenvalue weighted by Crippen LogP contribution is -2.23. The number of aromatic nitrogens is 2. The van der Waals surface area contributed by atoms with E-state index in [9.17, 15) is 8.42 Å². The highest BCUT2D eigenvalue weighted by atomic mass is 32.2. The fourth-order valence-electron chi connectivity index (χ4n) is 3.09. The third-order valence-corrected chi connectivity index (χ3v) is 5.61. The van der Waals surface area contributed by atoms with Gasteiger partial charge in [-0.2, -0.15) is 8.42 Å². The SMILES string of the molecule is CCOCCCCCCN1C=CN(C)C1.CCOCCCCCCOS(C)(=O)=O.COO[O-].Cn1ccnc1. The summed E-state index contributed by atoms with van der Waals surface area (Å²) >= 11 is 0. The Hall–Kier alpha value is -1.74. The third-order valence-electron chi connectivity index (χ3n) is 5.01. The molecule has 0 unspecified atom stereocenters. The zero-order valence-corrected chi connectivity index (χ0v) is 25.8. The zero-order chi connectivity index (χ0) is 29.6. The second-order valence-electron chi connectivity index (χ2n) is 8.72. The molecule has 0 aliphatic carbocycles. The predicted octanol–water partition coefficient (Wildman–Crippen LogP) is 3.08. The van der Waals surface area contributed by atoms with Gasteiger partial charge in [-0.05, 0) is 39.5 Å². The van der Waals surface area contributed by atoms with E-state index in [2.05, 4.69) is 55.3 Å². The summed E-state index contributed by atoms with van der Waals surface area (Å²) in [6.07, 6.45) is 19.8. The van der Waals surface area contributed by atoms with Gasteiger partial charge in [-0.25, -0.2) is 9.87 Å². The van der Waals surface area contributed by atoms with Crippen molar-refractivity contribution in [2.24, 2.45) is 7.05 Å². The maximum absolute atomic E-state index is 10.6. The van der Waals surface area contributed by atoms with Gasteiger partial charge in [-0.3, -0.25) is 9.22 Å². The van der Waals surface area contributed by atoms with Crippen LogP contribution >= 0.6 is 0 Å². The maximum Gasteiger partial charge on any atom is 0.264 e. The lowest BCUT2D eigenvalue weighted by Gasteiger charge is -2.17. The molecular weight excluding hydrogens is 528 g/mol. The predicted molar refractivity (Wildman–Crippen MR) is 150 cm³/mol. The lowest BCUT2D eigenvalue weighted by atomic mass is 10.2. The molecule has 0 bridgehead atoms. The van der Waals surface area contributed by atoms with Gasteiger partial charge in [-0.15, -0.1) is 0 Å². The topological polar surface area (TPSA) is 128 Å². The van der Waals surface area contributed by atoms with E-state index in [-0.39, 0.29) is 0 Å². The summed E-state index contributed by atoms with van der Waals surface area (Å²) in [5, 5.41) is 11.4. The van der Waals surface area contributed by atoms with E-state index in [1.165, 1.54) is 32.2 Å². The van der Waals surface area contributed by atoms with Gasteiger partial charge in [-0.1, -0.05) is 25.7 Å². The first kappa shape index (κ1) is 39.4. The molecular formula is C26H53N4O8S-. The van der Waals surface area contributed by atoms with Crippen molar-refractivity contribution in [2.75, 3.05) is 66.7 Å². The summed E-state index contributed by atoms with van der Waals surface area (Å²) < 4.78 is 38.1. The van der Waals surface area contributed by atoms with Gasteiger partial charge >= 0.3 is 0 Å². The molecule has 39 heavy (non-hydrogen) atoms. The largest absolute Gasteiger partial charge is 0.692 e. The van der Waals surface area contributed by atoms with Gasteiger partial charge in [0.25, 0.3) is 10.1 Å². The average molecular weight is 582 g/mol. The molecule has 0 atom stereocenters. The van der Waals surface area contributed by atoms with Crippen LogP contribution in [0.15, 0.2) is 31.1 Å². The first-order chi connectivity index (χ1) is 18.7. The fourth-order valence-corrected chi connectivity index (χ4v) is 3.51. The Balaban J connectivity index is 0. The van der Waals surface area contributed by atoms with Crippen molar-refractivity contribution in [3.63, 3.8) is 0 Å². The Kier molecular flexibility index (Phi) is 29.6. The van der Waals surface area contributed by atoms with Crippen molar-refractivity contribution < 1.29 is 37.3 Å². The number of unbranched alkanes of at least 4 members (excludes halogenated alkanes) is 6. The number of imidazole rings is 1. The molecule has 1 aromatic rings. The molecule has 1 aromatic heterocycles. The maximum atomic E-state index is 10.6. The molecule has 12 nitrogen and oxygen atoms in total. The summed E-state index contributed by atoms with van der Waals surface area (Å²) in [5.41, 5.74) is 0. The van der Waals surface area contributed by atoms with Crippen molar-refractivity contribution in [3.8, 4) is 0 Å². The van der Waals surface area contributed by atoms with Gasteiger partial charge in [0, 0.05) is 71.9 Å². The Bertz CT molecular complexity index is 734. The van der Waals surface area contributed by atoms with Gasteiger partial charge in [0.1, 0.15) is 0 Å². The Labute approximate surface area is 236 Å². The van der Waals surface area contributed by atoms with Crippen LogP contribution in [0.25, 0.3) is 0 Å². The van der Waals surface area contributed by atoms with Gasteiger partial charge < -0.3 is 29.1 Å². The van der Waals surface area contributed by atoms with Crippen molar-refractivity contribution in [2.45, 2.75) is 65.2 Å². The highest BCUT2D eigenvalue weighted by Gasteiger charge is 2.06. The van der Waals surface area contributed by atoms with Crippen LogP contribution in [0.5, 0.6) is 0 Å².